The maximum absolute atomic E-state index is 13.4. The molecule has 0 saturated heterocycles. The van der Waals surface area contributed by atoms with E-state index in [1.165, 1.54) is 11.1 Å². The largest absolute Gasteiger partial charge is 0.352 e. The molecule has 0 unspecified atom stereocenters. The number of hydrogen-bond donors (Lipinski definition) is 1. The van der Waals surface area contributed by atoms with Gasteiger partial charge in [0.15, 0.2) is 0 Å². The predicted octanol–water partition coefficient (Wildman–Crippen LogP) is 3.89. The lowest BCUT2D eigenvalue weighted by molar-refractivity contribution is -0.122. The third-order valence-electron chi connectivity index (χ3n) is 6.62. The van der Waals surface area contributed by atoms with E-state index in [9.17, 15) is 9.59 Å². The number of carbonyl (C=O) groups is 1. The Bertz CT molecular complexity index is 1170. The van der Waals surface area contributed by atoms with Gasteiger partial charge in [0, 0.05) is 37.7 Å². The smallest absolute Gasteiger partial charge is 0.257 e. The zero-order valence-corrected chi connectivity index (χ0v) is 20.9. The fourth-order valence-corrected chi connectivity index (χ4v) is 4.75. The average Bonchev–Trinajstić information content (AvgIpc) is 2.86. The van der Waals surface area contributed by atoms with Gasteiger partial charge in [0.1, 0.15) is 12.4 Å². The quantitative estimate of drug-likeness (QED) is 0.486. The lowest BCUT2D eigenvalue weighted by Crippen LogP contribution is -2.42. The summed E-state index contributed by atoms with van der Waals surface area (Å²) in [7, 11) is 0. The summed E-state index contributed by atoms with van der Waals surface area (Å²) in [5.41, 5.74) is 4.10. The molecule has 1 aliphatic rings. The van der Waals surface area contributed by atoms with Crippen LogP contribution in [-0.2, 0) is 43.7 Å². The van der Waals surface area contributed by atoms with Crippen LogP contribution in [0.15, 0.2) is 65.5 Å². The predicted molar refractivity (Wildman–Crippen MR) is 139 cm³/mol. The van der Waals surface area contributed by atoms with Crippen LogP contribution in [0.4, 0.5) is 0 Å². The van der Waals surface area contributed by atoms with Crippen LogP contribution < -0.4 is 10.9 Å². The number of nitrogens with one attached hydrogen (secondary N) is 1. The zero-order chi connectivity index (χ0) is 24.6. The van der Waals surface area contributed by atoms with Crippen molar-refractivity contribution in [3.05, 3.63) is 99.2 Å². The van der Waals surface area contributed by atoms with E-state index in [4.69, 9.17) is 4.98 Å². The standard InChI is InChI=1S/C29H36N4O2/c1-3-10-27-31-26-20-32(19-24-13-8-5-9-14-24)18-17-25(26)29(35)33(27)21-28(34)30-22(2)15-16-23-11-6-4-7-12-23/h4-9,11-14,22H,3,10,15-21H2,1-2H3,(H,30,34)/t22-/m0/s1. The Hall–Kier alpha value is -3.25. The molecule has 0 radical (unpaired) electrons. The van der Waals surface area contributed by atoms with Crippen molar-refractivity contribution in [3.8, 4) is 0 Å². The summed E-state index contributed by atoms with van der Waals surface area (Å²) < 4.78 is 1.61. The van der Waals surface area contributed by atoms with Gasteiger partial charge in [-0.1, -0.05) is 67.6 Å². The van der Waals surface area contributed by atoms with Crippen molar-refractivity contribution < 1.29 is 4.79 Å². The summed E-state index contributed by atoms with van der Waals surface area (Å²) in [6, 6.07) is 20.7. The number of aromatic nitrogens is 2. The molecule has 184 valence electrons. The monoisotopic (exact) mass is 472 g/mol. The second kappa shape index (κ2) is 11.9. The van der Waals surface area contributed by atoms with Crippen LogP contribution in [0.3, 0.4) is 0 Å². The van der Waals surface area contributed by atoms with Crippen molar-refractivity contribution >= 4 is 5.91 Å². The summed E-state index contributed by atoms with van der Waals surface area (Å²) in [5, 5.41) is 3.07. The Morgan fingerprint density at radius 2 is 1.71 bits per heavy atom. The molecule has 1 aliphatic heterocycles. The number of rotatable bonds is 10. The maximum atomic E-state index is 13.4. The van der Waals surface area contributed by atoms with Gasteiger partial charge in [0.05, 0.1) is 5.69 Å². The highest BCUT2D eigenvalue weighted by molar-refractivity contribution is 5.76. The Morgan fingerprint density at radius 3 is 2.40 bits per heavy atom. The number of fused-ring (bicyclic) bond motifs is 1. The molecule has 3 aromatic rings. The SMILES string of the molecule is CCCc1nc2c(c(=O)n1CC(=O)N[C@@H](C)CCc1ccccc1)CCN(Cc1ccccc1)C2. The van der Waals surface area contributed by atoms with E-state index in [1.807, 2.05) is 31.2 Å². The van der Waals surface area contributed by atoms with E-state index < -0.39 is 0 Å². The van der Waals surface area contributed by atoms with E-state index >= 15 is 0 Å². The highest BCUT2D eigenvalue weighted by Crippen LogP contribution is 2.18. The lowest BCUT2D eigenvalue weighted by atomic mass is 10.0. The molecule has 4 rings (SSSR count). The van der Waals surface area contributed by atoms with Crippen LogP contribution in [0.25, 0.3) is 0 Å². The zero-order valence-electron chi connectivity index (χ0n) is 20.9. The average molecular weight is 473 g/mol. The summed E-state index contributed by atoms with van der Waals surface area (Å²) in [6.07, 6.45) is 3.97. The summed E-state index contributed by atoms with van der Waals surface area (Å²) in [5.74, 6) is 0.582. The minimum atomic E-state index is -0.131. The van der Waals surface area contributed by atoms with Crippen LogP contribution in [0.1, 0.15) is 54.9 Å². The molecule has 1 N–H and O–H groups in total. The van der Waals surface area contributed by atoms with Gasteiger partial charge in [-0.3, -0.25) is 19.1 Å². The Kier molecular flexibility index (Phi) is 8.48. The molecule has 2 aromatic carbocycles. The van der Waals surface area contributed by atoms with Crippen LogP contribution in [0, 0.1) is 0 Å². The molecule has 1 atom stereocenters. The molecule has 0 spiro atoms. The highest BCUT2D eigenvalue weighted by Gasteiger charge is 2.24. The Balaban J connectivity index is 1.43. The highest BCUT2D eigenvalue weighted by atomic mass is 16.2. The van der Waals surface area contributed by atoms with Crippen LogP contribution in [0.2, 0.25) is 0 Å². The molecule has 0 fully saturated rings. The number of aryl methyl sites for hydroxylation is 2. The molecule has 6 heteroatoms. The van der Waals surface area contributed by atoms with Crippen molar-refractivity contribution in [2.24, 2.45) is 0 Å². The van der Waals surface area contributed by atoms with Gasteiger partial charge in [0.2, 0.25) is 5.91 Å². The number of amides is 1. The topological polar surface area (TPSA) is 67.2 Å². The van der Waals surface area contributed by atoms with Crippen LogP contribution >= 0.6 is 0 Å². The molecule has 0 aliphatic carbocycles. The first-order chi connectivity index (χ1) is 17.0. The van der Waals surface area contributed by atoms with Crippen LogP contribution in [-0.4, -0.2) is 32.9 Å². The summed E-state index contributed by atoms with van der Waals surface area (Å²) in [4.78, 5) is 33.5. The number of benzene rings is 2. The van der Waals surface area contributed by atoms with Gasteiger partial charge >= 0.3 is 0 Å². The fraction of sp³-hybridized carbons (Fsp3) is 0.414. The maximum Gasteiger partial charge on any atom is 0.257 e. The van der Waals surface area contributed by atoms with Crippen molar-refractivity contribution in [1.82, 2.24) is 19.8 Å². The molecule has 1 aromatic heterocycles. The van der Waals surface area contributed by atoms with E-state index in [1.54, 1.807) is 4.57 Å². The first kappa shape index (κ1) is 24.9. The minimum Gasteiger partial charge on any atom is -0.352 e. The second-order valence-corrected chi connectivity index (χ2v) is 9.53. The molecule has 1 amide bonds. The molecule has 2 heterocycles. The number of hydrogen-bond acceptors (Lipinski definition) is 4. The Morgan fingerprint density at radius 1 is 1.03 bits per heavy atom. The normalized spacial score (nSPS) is 14.3. The van der Waals surface area contributed by atoms with Crippen molar-refractivity contribution in [1.29, 1.82) is 0 Å². The molecule has 0 saturated carbocycles. The van der Waals surface area contributed by atoms with Gasteiger partial charge in [-0.15, -0.1) is 0 Å². The van der Waals surface area contributed by atoms with E-state index in [0.717, 1.165) is 43.6 Å². The van der Waals surface area contributed by atoms with Gasteiger partial charge in [-0.25, -0.2) is 4.98 Å². The molecule has 35 heavy (non-hydrogen) atoms. The van der Waals surface area contributed by atoms with Gasteiger partial charge in [0.25, 0.3) is 5.56 Å². The number of nitrogens with zero attached hydrogens (tertiary/aromatic N) is 3. The lowest BCUT2D eigenvalue weighted by Gasteiger charge is -2.29. The summed E-state index contributed by atoms with van der Waals surface area (Å²) >= 11 is 0. The van der Waals surface area contributed by atoms with E-state index in [2.05, 4.69) is 53.5 Å². The third-order valence-corrected chi connectivity index (χ3v) is 6.62. The third kappa shape index (κ3) is 6.67. The fourth-order valence-electron chi connectivity index (χ4n) is 4.75. The molecule has 0 bridgehead atoms. The molecular weight excluding hydrogens is 436 g/mol. The number of carbonyl (C=O) groups excluding carboxylic acids is 1. The van der Waals surface area contributed by atoms with Crippen molar-refractivity contribution in [2.75, 3.05) is 6.54 Å². The minimum absolute atomic E-state index is 0.0256. The van der Waals surface area contributed by atoms with E-state index in [0.29, 0.717) is 25.2 Å². The second-order valence-electron chi connectivity index (χ2n) is 9.53. The molecular formula is C29H36N4O2. The summed E-state index contributed by atoms with van der Waals surface area (Å²) in [6.45, 7) is 6.44. The van der Waals surface area contributed by atoms with Crippen molar-refractivity contribution in [2.45, 2.75) is 71.6 Å². The first-order valence-electron chi connectivity index (χ1n) is 12.7. The van der Waals surface area contributed by atoms with Crippen LogP contribution in [0.5, 0.6) is 0 Å². The molecule has 6 nitrogen and oxygen atoms in total. The first-order valence-corrected chi connectivity index (χ1v) is 12.7. The Labute approximate surface area is 208 Å². The van der Waals surface area contributed by atoms with Gasteiger partial charge in [-0.2, -0.15) is 0 Å². The van der Waals surface area contributed by atoms with Crippen molar-refractivity contribution in [3.63, 3.8) is 0 Å². The van der Waals surface area contributed by atoms with Gasteiger partial charge < -0.3 is 5.32 Å². The van der Waals surface area contributed by atoms with Gasteiger partial charge in [-0.05, 0) is 43.7 Å². The van der Waals surface area contributed by atoms with E-state index in [-0.39, 0.29) is 24.1 Å².